The number of nitrogens with one attached hydrogen (secondary N) is 1. The van der Waals surface area contributed by atoms with Gasteiger partial charge in [-0.3, -0.25) is 9.69 Å². The number of nitrogens with two attached hydrogens (primary N) is 1. The lowest BCUT2D eigenvalue weighted by Crippen LogP contribution is -2.48. The van der Waals surface area contributed by atoms with Gasteiger partial charge in [0.05, 0.1) is 19.0 Å². The van der Waals surface area contributed by atoms with E-state index in [4.69, 9.17) is 11.0 Å². The Hall–Kier alpha value is -1.90. The molecule has 5 nitrogen and oxygen atoms in total. The molecule has 0 saturated carbocycles. The highest BCUT2D eigenvalue weighted by atomic mass is 16.2. The van der Waals surface area contributed by atoms with Crippen LogP contribution < -0.4 is 11.1 Å². The van der Waals surface area contributed by atoms with Gasteiger partial charge in [-0.25, -0.2) is 0 Å². The van der Waals surface area contributed by atoms with Crippen LogP contribution in [0.1, 0.15) is 25.3 Å². The minimum absolute atomic E-state index is 0.00893. The molecule has 0 radical (unpaired) electrons. The maximum absolute atomic E-state index is 12.1. The van der Waals surface area contributed by atoms with E-state index in [0.29, 0.717) is 19.0 Å². The summed E-state index contributed by atoms with van der Waals surface area (Å²) in [4.78, 5) is 14.3. The molecule has 1 aromatic carbocycles. The first kappa shape index (κ1) is 15.5. The Kier molecular flexibility index (Phi) is 5.32. The monoisotopic (exact) mass is 286 g/mol. The highest BCUT2D eigenvalue weighted by Crippen LogP contribution is 2.16. The third-order valence-electron chi connectivity index (χ3n) is 3.92. The van der Waals surface area contributed by atoms with Crippen LogP contribution in [0, 0.1) is 11.3 Å². The Bertz CT molecular complexity index is 520. The molecule has 1 heterocycles. The smallest absolute Gasteiger partial charge is 0.238 e. The summed E-state index contributed by atoms with van der Waals surface area (Å²) >= 11 is 0. The molecular formula is C16H22N4O. The van der Waals surface area contributed by atoms with Crippen molar-refractivity contribution < 1.29 is 4.79 Å². The van der Waals surface area contributed by atoms with Gasteiger partial charge in [-0.2, -0.15) is 5.26 Å². The molecule has 5 heteroatoms. The first-order chi connectivity index (χ1) is 10.1. The number of anilines is 1. The third-order valence-corrected chi connectivity index (χ3v) is 3.92. The minimum atomic E-state index is -0.00893. The second-order valence-corrected chi connectivity index (χ2v) is 5.68. The molecule has 1 fully saturated rings. The average molecular weight is 286 g/mol. The van der Waals surface area contributed by atoms with Crippen molar-refractivity contribution in [2.75, 3.05) is 18.4 Å². The summed E-state index contributed by atoms with van der Waals surface area (Å²) < 4.78 is 0. The molecule has 2 atom stereocenters. The lowest BCUT2D eigenvalue weighted by atomic mass is 9.99. The van der Waals surface area contributed by atoms with E-state index in [2.05, 4.69) is 23.2 Å². The number of rotatable bonds is 4. The molecule has 0 aliphatic carbocycles. The fourth-order valence-electron chi connectivity index (χ4n) is 2.67. The largest absolute Gasteiger partial charge is 0.328 e. The van der Waals surface area contributed by atoms with E-state index in [1.165, 1.54) is 0 Å². The maximum Gasteiger partial charge on any atom is 0.238 e. The van der Waals surface area contributed by atoms with Crippen LogP contribution in [-0.2, 0) is 11.2 Å². The maximum atomic E-state index is 12.1. The summed E-state index contributed by atoms with van der Waals surface area (Å²) in [7, 11) is 0. The van der Waals surface area contributed by atoms with Gasteiger partial charge >= 0.3 is 0 Å². The molecule has 3 N–H and O–H groups in total. The van der Waals surface area contributed by atoms with Crippen LogP contribution >= 0.6 is 0 Å². The summed E-state index contributed by atoms with van der Waals surface area (Å²) in [5.74, 6) is -0.00893. The summed E-state index contributed by atoms with van der Waals surface area (Å²) in [6.07, 6.45) is 2.27. The lowest BCUT2D eigenvalue weighted by Gasteiger charge is -2.35. The van der Waals surface area contributed by atoms with Gasteiger partial charge in [0, 0.05) is 24.3 Å². The molecule has 0 aromatic heterocycles. The topological polar surface area (TPSA) is 82.2 Å². The Morgan fingerprint density at radius 3 is 2.81 bits per heavy atom. The van der Waals surface area contributed by atoms with Crippen molar-refractivity contribution in [2.24, 2.45) is 5.73 Å². The van der Waals surface area contributed by atoms with E-state index in [1.54, 1.807) is 0 Å². The third kappa shape index (κ3) is 4.55. The molecule has 1 saturated heterocycles. The number of nitrogens with zero attached hydrogens (tertiary/aromatic N) is 2. The lowest BCUT2D eigenvalue weighted by molar-refractivity contribution is -0.118. The zero-order valence-corrected chi connectivity index (χ0v) is 12.4. The van der Waals surface area contributed by atoms with Crippen molar-refractivity contribution in [3.63, 3.8) is 0 Å². The number of benzene rings is 1. The van der Waals surface area contributed by atoms with Crippen molar-refractivity contribution >= 4 is 11.6 Å². The van der Waals surface area contributed by atoms with Crippen LogP contribution in [0.2, 0.25) is 0 Å². The van der Waals surface area contributed by atoms with Crippen molar-refractivity contribution in [1.29, 1.82) is 5.26 Å². The van der Waals surface area contributed by atoms with Crippen molar-refractivity contribution in [3.05, 3.63) is 29.8 Å². The van der Waals surface area contributed by atoms with E-state index in [0.717, 1.165) is 30.6 Å². The van der Waals surface area contributed by atoms with Gasteiger partial charge < -0.3 is 11.1 Å². The van der Waals surface area contributed by atoms with Crippen molar-refractivity contribution in [3.8, 4) is 6.07 Å². The molecule has 2 rings (SSSR count). The molecule has 1 amide bonds. The number of carbonyl (C=O) groups excluding carboxylic acids is 1. The molecular weight excluding hydrogens is 264 g/mol. The second kappa shape index (κ2) is 7.21. The molecule has 21 heavy (non-hydrogen) atoms. The summed E-state index contributed by atoms with van der Waals surface area (Å²) in [5.41, 5.74) is 7.65. The number of hydrogen-bond donors (Lipinski definition) is 2. The van der Waals surface area contributed by atoms with E-state index in [9.17, 15) is 4.79 Å². The molecule has 1 aliphatic heterocycles. The minimum Gasteiger partial charge on any atom is -0.328 e. The zero-order chi connectivity index (χ0) is 15.2. The number of amides is 1. The second-order valence-electron chi connectivity index (χ2n) is 5.68. The predicted octanol–water partition coefficient (Wildman–Crippen LogP) is 1.50. The number of piperidine rings is 1. The van der Waals surface area contributed by atoms with E-state index >= 15 is 0 Å². The van der Waals surface area contributed by atoms with Gasteiger partial charge in [0.25, 0.3) is 0 Å². The van der Waals surface area contributed by atoms with Crippen LogP contribution in [0.5, 0.6) is 0 Å². The molecule has 0 spiro atoms. The van der Waals surface area contributed by atoms with E-state index in [-0.39, 0.29) is 11.9 Å². The SMILES string of the molecule is CC1CC(N)CCN1CC(=O)Nc1ccc(CC#N)cc1. The summed E-state index contributed by atoms with van der Waals surface area (Å²) in [6.45, 7) is 3.38. The molecule has 2 unspecified atom stereocenters. The van der Waals surface area contributed by atoms with Crippen LogP contribution in [-0.4, -0.2) is 36.0 Å². The van der Waals surface area contributed by atoms with Crippen molar-refractivity contribution in [1.82, 2.24) is 4.90 Å². The number of hydrogen-bond acceptors (Lipinski definition) is 4. The Balaban J connectivity index is 1.85. The van der Waals surface area contributed by atoms with Gasteiger partial charge in [-0.05, 0) is 37.5 Å². The first-order valence-electron chi connectivity index (χ1n) is 7.34. The fraction of sp³-hybridized carbons (Fsp3) is 0.500. The van der Waals surface area contributed by atoms with Gasteiger partial charge in [-0.15, -0.1) is 0 Å². The Morgan fingerprint density at radius 1 is 1.48 bits per heavy atom. The fourth-order valence-corrected chi connectivity index (χ4v) is 2.67. The van der Waals surface area contributed by atoms with Crippen LogP contribution in [0.15, 0.2) is 24.3 Å². The first-order valence-corrected chi connectivity index (χ1v) is 7.34. The van der Waals surface area contributed by atoms with Gasteiger partial charge in [0.15, 0.2) is 0 Å². The normalized spacial score (nSPS) is 22.5. The summed E-state index contributed by atoms with van der Waals surface area (Å²) in [6, 6.07) is 10.1. The number of likely N-dealkylation sites (tertiary alicyclic amines) is 1. The van der Waals surface area contributed by atoms with E-state index in [1.807, 2.05) is 24.3 Å². The number of carbonyl (C=O) groups is 1. The predicted molar refractivity (Wildman–Crippen MR) is 82.6 cm³/mol. The van der Waals surface area contributed by atoms with Crippen LogP contribution in [0.3, 0.4) is 0 Å². The Morgan fingerprint density at radius 2 is 2.19 bits per heavy atom. The standard InChI is InChI=1S/C16H22N4O/c1-12-10-14(18)7-9-20(12)11-16(21)19-15-4-2-13(3-5-15)6-8-17/h2-5,12,14H,6-7,9-11,18H2,1H3,(H,19,21). The zero-order valence-electron chi connectivity index (χ0n) is 12.4. The van der Waals surface area contributed by atoms with Gasteiger partial charge in [-0.1, -0.05) is 12.1 Å². The van der Waals surface area contributed by atoms with Crippen LogP contribution in [0.25, 0.3) is 0 Å². The van der Waals surface area contributed by atoms with Crippen molar-refractivity contribution in [2.45, 2.75) is 38.3 Å². The quantitative estimate of drug-likeness (QED) is 0.879. The Labute approximate surface area is 125 Å². The average Bonchev–Trinajstić information content (AvgIpc) is 2.44. The molecule has 112 valence electrons. The molecule has 1 aliphatic rings. The van der Waals surface area contributed by atoms with E-state index < -0.39 is 0 Å². The molecule has 1 aromatic rings. The summed E-state index contributed by atoms with van der Waals surface area (Å²) in [5, 5.41) is 11.5. The highest BCUT2D eigenvalue weighted by molar-refractivity contribution is 5.92. The van der Waals surface area contributed by atoms with Gasteiger partial charge in [0.2, 0.25) is 5.91 Å². The van der Waals surface area contributed by atoms with Gasteiger partial charge in [0.1, 0.15) is 0 Å². The number of nitriles is 1. The van der Waals surface area contributed by atoms with Crippen LogP contribution in [0.4, 0.5) is 5.69 Å². The highest BCUT2D eigenvalue weighted by Gasteiger charge is 2.24. The molecule has 0 bridgehead atoms.